The highest BCUT2D eigenvalue weighted by atomic mass is 16.6. The summed E-state index contributed by atoms with van der Waals surface area (Å²) in [7, 11) is 0. The van der Waals surface area contributed by atoms with Gasteiger partial charge in [0.1, 0.15) is 11.1 Å². The van der Waals surface area contributed by atoms with Crippen LogP contribution in [0.4, 0.5) is 10.5 Å². The number of rotatable bonds is 6. The fourth-order valence-electron chi connectivity index (χ4n) is 4.74. The number of hydrogen-bond donors (Lipinski definition) is 0. The number of benzene rings is 1. The molecule has 1 aromatic carbocycles. The molecule has 1 atom stereocenters. The number of anilines is 1. The minimum Gasteiger partial charge on any atom is -0.444 e. The topological polar surface area (TPSA) is 90.8 Å². The van der Waals surface area contributed by atoms with Crippen molar-refractivity contribution in [3.05, 3.63) is 40.3 Å². The Labute approximate surface area is 190 Å². The molecule has 2 aliphatic heterocycles. The molecule has 3 aliphatic rings. The third-order valence-electron chi connectivity index (χ3n) is 6.83. The van der Waals surface area contributed by atoms with Gasteiger partial charge >= 0.3 is 6.09 Å². The maximum atomic E-state index is 13.1. The Bertz CT molecular complexity index is 851. The highest BCUT2D eigenvalue weighted by Gasteiger charge is 2.40. The standard InChI is InChI=1S/C24H35N5O3/c1-23(2,3)32-22(30)29(14-18-6-4-7-18)21-8-5-13-28(15-21)20-11-9-19(10-12-20)24(26-27-25)16-31-17-24/h9-12,18,21H,4-8,13-17H2,1-3H3/t21-/m1/s1. The van der Waals surface area contributed by atoms with Gasteiger partial charge in [0.05, 0.1) is 19.3 Å². The van der Waals surface area contributed by atoms with E-state index in [1.54, 1.807) is 0 Å². The molecule has 1 aliphatic carbocycles. The monoisotopic (exact) mass is 441 g/mol. The number of ether oxygens (including phenoxy) is 2. The Hall–Kier alpha value is -2.44. The molecule has 2 heterocycles. The Kier molecular flexibility index (Phi) is 6.54. The second-order valence-corrected chi connectivity index (χ2v) is 10.4. The summed E-state index contributed by atoms with van der Waals surface area (Å²) in [5.41, 5.74) is 9.96. The van der Waals surface area contributed by atoms with Crippen molar-refractivity contribution >= 4 is 11.8 Å². The van der Waals surface area contributed by atoms with Gasteiger partial charge in [0.25, 0.3) is 0 Å². The van der Waals surface area contributed by atoms with E-state index in [9.17, 15) is 4.79 Å². The molecule has 2 saturated heterocycles. The van der Waals surface area contributed by atoms with Crippen LogP contribution in [0.25, 0.3) is 10.4 Å². The highest BCUT2D eigenvalue weighted by Crippen LogP contribution is 2.36. The first-order valence-electron chi connectivity index (χ1n) is 11.8. The van der Waals surface area contributed by atoms with Crippen molar-refractivity contribution in [2.24, 2.45) is 11.0 Å². The van der Waals surface area contributed by atoms with E-state index in [0.717, 1.165) is 43.7 Å². The van der Waals surface area contributed by atoms with Crippen molar-refractivity contribution in [3.63, 3.8) is 0 Å². The quantitative estimate of drug-likeness (QED) is 0.343. The Morgan fingerprint density at radius 2 is 1.97 bits per heavy atom. The molecule has 0 radical (unpaired) electrons. The first-order valence-corrected chi connectivity index (χ1v) is 11.8. The fraction of sp³-hybridized carbons (Fsp3) is 0.708. The normalized spacial score (nSPS) is 22.8. The summed E-state index contributed by atoms with van der Waals surface area (Å²) in [6.07, 6.45) is 5.51. The largest absolute Gasteiger partial charge is 0.444 e. The van der Waals surface area contributed by atoms with Crippen molar-refractivity contribution in [2.45, 2.75) is 70.1 Å². The summed E-state index contributed by atoms with van der Waals surface area (Å²) in [5, 5.41) is 3.98. The van der Waals surface area contributed by atoms with E-state index in [0.29, 0.717) is 19.1 Å². The fourth-order valence-corrected chi connectivity index (χ4v) is 4.74. The molecule has 1 saturated carbocycles. The zero-order valence-corrected chi connectivity index (χ0v) is 19.5. The van der Waals surface area contributed by atoms with Crippen LogP contribution in [-0.2, 0) is 15.0 Å². The van der Waals surface area contributed by atoms with Crippen LogP contribution in [0.5, 0.6) is 0 Å². The molecule has 1 aromatic rings. The van der Waals surface area contributed by atoms with Gasteiger partial charge in [-0.15, -0.1) is 0 Å². The summed E-state index contributed by atoms with van der Waals surface area (Å²) >= 11 is 0. The lowest BCUT2D eigenvalue weighted by Gasteiger charge is -2.43. The average Bonchev–Trinajstić information content (AvgIpc) is 2.69. The van der Waals surface area contributed by atoms with Gasteiger partial charge in [-0.1, -0.05) is 23.7 Å². The summed E-state index contributed by atoms with van der Waals surface area (Å²) in [4.78, 5) is 20.4. The SMILES string of the molecule is CC(C)(C)OC(=O)N(CC1CCC1)[C@@H]1CCCN(c2ccc(C3(N=[N+]=[N-])COC3)cc2)C1. The molecule has 0 N–H and O–H groups in total. The van der Waals surface area contributed by atoms with Gasteiger partial charge in [0.2, 0.25) is 0 Å². The van der Waals surface area contributed by atoms with Crippen LogP contribution in [0.2, 0.25) is 0 Å². The summed E-state index contributed by atoms with van der Waals surface area (Å²) < 4.78 is 11.1. The van der Waals surface area contributed by atoms with Gasteiger partial charge in [-0.2, -0.15) is 0 Å². The van der Waals surface area contributed by atoms with Crippen LogP contribution in [0.15, 0.2) is 29.4 Å². The van der Waals surface area contributed by atoms with Crippen molar-refractivity contribution in [1.82, 2.24) is 4.90 Å². The van der Waals surface area contributed by atoms with E-state index < -0.39 is 11.1 Å². The van der Waals surface area contributed by atoms with E-state index in [1.807, 2.05) is 37.8 Å². The van der Waals surface area contributed by atoms with Gasteiger partial charge < -0.3 is 19.3 Å². The average molecular weight is 442 g/mol. The van der Waals surface area contributed by atoms with Crippen LogP contribution in [0.1, 0.15) is 58.4 Å². The Morgan fingerprint density at radius 1 is 1.25 bits per heavy atom. The first-order chi connectivity index (χ1) is 15.3. The van der Waals surface area contributed by atoms with E-state index in [4.69, 9.17) is 15.0 Å². The van der Waals surface area contributed by atoms with Gasteiger partial charge in [-0.05, 0) is 75.6 Å². The summed E-state index contributed by atoms with van der Waals surface area (Å²) in [5.74, 6) is 0.596. The Balaban J connectivity index is 1.47. The lowest BCUT2D eigenvalue weighted by molar-refractivity contribution is -0.0564. The smallest absolute Gasteiger partial charge is 0.410 e. The van der Waals surface area contributed by atoms with E-state index in [1.165, 1.54) is 19.3 Å². The molecule has 0 bridgehead atoms. The van der Waals surface area contributed by atoms with Gasteiger partial charge in [0.15, 0.2) is 0 Å². The molecule has 0 unspecified atom stereocenters. The van der Waals surface area contributed by atoms with Gasteiger partial charge in [0, 0.05) is 30.2 Å². The predicted molar refractivity (Wildman–Crippen MR) is 124 cm³/mol. The third-order valence-corrected chi connectivity index (χ3v) is 6.83. The molecule has 174 valence electrons. The van der Waals surface area contributed by atoms with Crippen molar-refractivity contribution in [1.29, 1.82) is 0 Å². The number of amides is 1. The minimum absolute atomic E-state index is 0.147. The number of azide groups is 1. The molecule has 4 rings (SSSR count). The molecule has 1 amide bonds. The van der Waals surface area contributed by atoms with Gasteiger partial charge in [-0.25, -0.2) is 4.79 Å². The molecule has 0 aromatic heterocycles. The lowest BCUT2D eigenvalue weighted by Crippen LogP contribution is -2.53. The van der Waals surface area contributed by atoms with Crippen LogP contribution in [-0.4, -0.2) is 55.5 Å². The van der Waals surface area contributed by atoms with Gasteiger partial charge in [-0.3, -0.25) is 0 Å². The summed E-state index contributed by atoms with van der Waals surface area (Å²) in [6, 6.07) is 8.41. The Morgan fingerprint density at radius 3 is 2.50 bits per heavy atom. The summed E-state index contributed by atoms with van der Waals surface area (Å²) in [6.45, 7) is 9.19. The third kappa shape index (κ3) is 4.97. The molecule has 32 heavy (non-hydrogen) atoms. The minimum atomic E-state index is -0.575. The molecular formula is C24H35N5O3. The zero-order chi connectivity index (χ0) is 22.8. The second-order valence-electron chi connectivity index (χ2n) is 10.4. The maximum absolute atomic E-state index is 13.1. The van der Waals surface area contributed by atoms with Crippen molar-refractivity contribution in [2.75, 3.05) is 37.7 Å². The maximum Gasteiger partial charge on any atom is 0.410 e. The van der Waals surface area contributed by atoms with E-state index in [-0.39, 0.29) is 12.1 Å². The van der Waals surface area contributed by atoms with Crippen LogP contribution < -0.4 is 4.90 Å². The molecule has 8 nitrogen and oxygen atoms in total. The van der Waals surface area contributed by atoms with E-state index in [2.05, 4.69) is 27.1 Å². The lowest BCUT2D eigenvalue weighted by atomic mass is 9.84. The number of piperidine rings is 1. The number of carbonyl (C=O) groups excluding carboxylic acids is 1. The highest BCUT2D eigenvalue weighted by molar-refractivity contribution is 5.69. The van der Waals surface area contributed by atoms with Crippen molar-refractivity contribution < 1.29 is 14.3 Å². The predicted octanol–water partition coefficient (Wildman–Crippen LogP) is 5.23. The molecule has 3 fully saturated rings. The number of carbonyl (C=O) groups is 1. The first kappa shape index (κ1) is 22.7. The number of nitrogens with zero attached hydrogens (tertiary/aromatic N) is 5. The van der Waals surface area contributed by atoms with E-state index >= 15 is 0 Å². The zero-order valence-electron chi connectivity index (χ0n) is 19.5. The second kappa shape index (κ2) is 9.20. The molecular weight excluding hydrogens is 406 g/mol. The van der Waals surface area contributed by atoms with Crippen LogP contribution in [0.3, 0.4) is 0 Å². The molecule has 8 heteroatoms. The van der Waals surface area contributed by atoms with Crippen LogP contribution >= 0.6 is 0 Å². The number of hydrogen-bond acceptors (Lipinski definition) is 5. The van der Waals surface area contributed by atoms with Crippen molar-refractivity contribution in [3.8, 4) is 0 Å². The molecule has 0 spiro atoms. The van der Waals surface area contributed by atoms with Crippen LogP contribution in [0, 0.1) is 5.92 Å².